The van der Waals surface area contributed by atoms with Gasteiger partial charge in [-0.1, -0.05) is 48.5 Å². The summed E-state index contributed by atoms with van der Waals surface area (Å²) in [7, 11) is 3.37. The molecule has 3 aromatic rings. The number of aliphatic imine (C=N–C) groups is 1. The summed E-state index contributed by atoms with van der Waals surface area (Å²) in [6.07, 6.45) is 0. The minimum atomic E-state index is -0.598. The van der Waals surface area contributed by atoms with Gasteiger partial charge >= 0.3 is 5.97 Å². The van der Waals surface area contributed by atoms with Gasteiger partial charge in [0.2, 0.25) is 5.91 Å². The average Bonchev–Trinajstić information content (AvgIpc) is 3.18. The summed E-state index contributed by atoms with van der Waals surface area (Å²) in [5.41, 5.74) is 10.8. The van der Waals surface area contributed by atoms with Crippen LogP contribution in [-0.2, 0) is 16.1 Å². The lowest BCUT2D eigenvalue weighted by atomic mass is 9.90. The molecule has 1 aliphatic heterocycles. The standard InChI is InChI=1S/C27H28N4O3/c1-31(15-14-28)17-18-8-11-21(12-9-18)29-25(19-6-4-3-5-7-19)24-22-13-10-20(27(33)34-2)16-23(22)30-26(24)32/h3-13,16,24H,14-15,17,28H2,1-2H3,(H,30,32). The molecule has 0 radical (unpaired) electrons. The Kier molecular flexibility index (Phi) is 7.15. The van der Waals surface area contributed by atoms with Crippen molar-refractivity contribution in [3.63, 3.8) is 0 Å². The second-order valence-electron chi connectivity index (χ2n) is 8.27. The number of carbonyl (C=O) groups is 2. The highest BCUT2D eigenvalue weighted by Gasteiger charge is 2.35. The number of anilines is 1. The molecule has 0 spiro atoms. The molecular weight excluding hydrogens is 428 g/mol. The van der Waals surface area contributed by atoms with Crippen LogP contribution in [0.5, 0.6) is 0 Å². The van der Waals surface area contributed by atoms with E-state index in [1.54, 1.807) is 18.2 Å². The van der Waals surface area contributed by atoms with Crippen molar-refractivity contribution in [3.8, 4) is 0 Å². The average molecular weight is 457 g/mol. The van der Waals surface area contributed by atoms with Crippen molar-refractivity contribution >= 4 is 29.0 Å². The highest BCUT2D eigenvalue weighted by molar-refractivity contribution is 6.24. The number of likely N-dealkylation sites (N-methyl/N-ethyl adjacent to an activating group) is 1. The van der Waals surface area contributed by atoms with Gasteiger partial charge < -0.3 is 20.7 Å². The Morgan fingerprint density at radius 1 is 1.06 bits per heavy atom. The molecule has 4 rings (SSSR count). The largest absolute Gasteiger partial charge is 0.465 e. The molecule has 34 heavy (non-hydrogen) atoms. The van der Waals surface area contributed by atoms with Crippen LogP contribution in [0.4, 0.5) is 11.4 Å². The van der Waals surface area contributed by atoms with Crippen LogP contribution < -0.4 is 11.1 Å². The quantitative estimate of drug-likeness (QED) is 0.398. The highest BCUT2D eigenvalue weighted by atomic mass is 16.5. The number of benzene rings is 3. The predicted molar refractivity (Wildman–Crippen MR) is 134 cm³/mol. The smallest absolute Gasteiger partial charge is 0.337 e. The zero-order valence-corrected chi connectivity index (χ0v) is 19.3. The first-order valence-corrected chi connectivity index (χ1v) is 11.1. The van der Waals surface area contributed by atoms with Crippen molar-refractivity contribution in [1.29, 1.82) is 0 Å². The van der Waals surface area contributed by atoms with Gasteiger partial charge in [0.1, 0.15) is 5.92 Å². The minimum Gasteiger partial charge on any atom is -0.465 e. The van der Waals surface area contributed by atoms with E-state index in [1.165, 1.54) is 7.11 Å². The third-order valence-electron chi connectivity index (χ3n) is 5.80. The monoisotopic (exact) mass is 456 g/mol. The number of nitrogens with two attached hydrogens (primary N) is 1. The maximum Gasteiger partial charge on any atom is 0.337 e. The first-order valence-electron chi connectivity index (χ1n) is 11.1. The maximum absolute atomic E-state index is 13.1. The fourth-order valence-electron chi connectivity index (χ4n) is 4.11. The third kappa shape index (κ3) is 5.06. The van der Waals surface area contributed by atoms with E-state index in [-0.39, 0.29) is 5.91 Å². The summed E-state index contributed by atoms with van der Waals surface area (Å²) < 4.78 is 4.81. The summed E-state index contributed by atoms with van der Waals surface area (Å²) in [6.45, 7) is 2.24. The fourth-order valence-corrected chi connectivity index (χ4v) is 4.11. The molecule has 1 unspecified atom stereocenters. The molecule has 0 aromatic heterocycles. The van der Waals surface area contributed by atoms with Crippen LogP contribution in [0.3, 0.4) is 0 Å². The number of amides is 1. The van der Waals surface area contributed by atoms with Crippen LogP contribution in [0.25, 0.3) is 0 Å². The number of carbonyl (C=O) groups excluding carboxylic acids is 2. The van der Waals surface area contributed by atoms with Crippen molar-refractivity contribution in [3.05, 3.63) is 95.1 Å². The number of nitrogens with one attached hydrogen (secondary N) is 1. The Balaban J connectivity index is 1.71. The first kappa shape index (κ1) is 23.4. The van der Waals surface area contributed by atoms with Crippen molar-refractivity contribution in [1.82, 2.24) is 4.90 Å². The van der Waals surface area contributed by atoms with Gasteiger partial charge in [0.15, 0.2) is 0 Å². The number of fused-ring (bicyclic) bond motifs is 1. The molecule has 7 heteroatoms. The number of hydrogen-bond donors (Lipinski definition) is 2. The van der Waals surface area contributed by atoms with E-state index in [1.807, 2.05) is 61.6 Å². The summed E-state index contributed by atoms with van der Waals surface area (Å²) in [6, 6.07) is 22.8. The van der Waals surface area contributed by atoms with Crippen molar-refractivity contribution in [2.75, 3.05) is 32.6 Å². The van der Waals surface area contributed by atoms with Crippen molar-refractivity contribution < 1.29 is 14.3 Å². The molecule has 0 aliphatic carbocycles. The molecule has 1 aliphatic rings. The van der Waals surface area contributed by atoms with Gasteiger partial charge in [-0.3, -0.25) is 9.79 Å². The zero-order chi connectivity index (χ0) is 24.1. The molecule has 3 N–H and O–H groups in total. The lowest BCUT2D eigenvalue weighted by Gasteiger charge is -2.16. The molecule has 1 atom stereocenters. The second kappa shape index (κ2) is 10.4. The Morgan fingerprint density at radius 3 is 2.47 bits per heavy atom. The summed E-state index contributed by atoms with van der Waals surface area (Å²) >= 11 is 0. The Morgan fingerprint density at radius 2 is 1.79 bits per heavy atom. The normalized spacial score (nSPS) is 15.2. The van der Waals surface area contributed by atoms with E-state index >= 15 is 0 Å². The van der Waals surface area contributed by atoms with Gasteiger partial charge in [-0.2, -0.15) is 0 Å². The van der Waals surface area contributed by atoms with Crippen LogP contribution in [-0.4, -0.2) is 49.7 Å². The molecule has 1 amide bonds. The molecule has 0 saturated heterocycles. The Hall–Kier alpha value is -3.81. The van der Waals surface area contributed by atoms with E-state index in [9.17, 15) is 9.59 Å². The Bertz CT molecular complexity index is 1210. The number of hydrogen-bond acceptors (Lipinski definition) is 6. The van der Waals surface area contributed by atoms with Gasteiger partial charge in [-0.15, -0.1) is 0 Å². The molecule has 3 aromatic carbocycles. The van der Waals surface area contributed by atoms with Crippen LogP contribution in [0.2, 0.25) is 0 Å². The second-order valence-corrected chi connectivity index (χ2v) is 8.27. The molecule has 0 bridgehead atoms. The van der Waals surface area contributed by atoms with E-state index in [0.717, 1.165) is 35.5 Å². The van der Waals surface area contributed by atoms with Crippen LogP contribution in [0.1, 0.15) is 33.0 Å². The lowest BCUT2D eigenvalue weighted by Crippen LogP contribution is -2.24. The minimum absolute atomic E-state index is 0.181. The van der Waals surface area contributed by atoms with Gasteiger partial charge in [0.25, 0.3) is 0 Å². The van der Waals surface area contributed by atoms with Crippen LogP contribution in [0, 0.1) is 0 Å². The fraction of sp³-hybridized carbons (Fsp3) is 0.222. The van der Waals surface area contributed by atoms with Crippen molar-refractivity contribution in [2.45, 2.75) is 12.5 Å². The highest BCUT2D eigenvalue weighted by Crippen LogP contribution is 2.37. The van der Waals surface area contributed by atoms with E-state index in [0.29, 0.717) is 23.5 Å². The number of methoxy groups -OCH3 is 1. The zero-order valence-electron chi connectivity index (χ0n) is 19.3. The van der Waals surface area contributed by atoms with Crippen LogP contribution >= 0.6 is 0 Å². The molecule has 7 nitrogen and oxygen atoms in total. The molecule has 1 heterocycles. The van der Waals surface area contributed by atoms with Crippen molar-refractivity contribution in [2.24, 2.45) is 10.7 Å². The van der Waals surface area contributed by atoms with Gasteiger partial charge in [-0.25, -0.2) is 4.79 Å². The molecule has 0 fully saturated rings. The lowest BCUT2D eigenvalue weighted by molar-refractivity contribution is -0.115. The summed E-state index contributed by atoms with van der Waals surface area (Å²) in [5, 5.41) is 2.90. The third-order valence-corrected chi connectivity index (χ3v) is 5.80. The van der Waals surface area contributed by atoms with E-state index in [4.69, 9.17) is 15.5 Å². The number of nitrogens with zero attached hydrogens (tertiary/aromatic N) is 2. The van der Waals surface area contributed by atoms with Crippen LogP contribution in [0.15, 0.2) is 77.8 Å². The van der Waals surface area contributed by atoms with Gasteiger partial charge in [-0.05, 0) is 48.0 Å². The molecular formula is C27H28N4O3. The molecule has 0 saturated carbocycles. The summed E-state index contributed by atoms with van der Waals surface area (Å²) in [4.78, 5) is 32.1. The van der Waals surface area contributed by atoms with Gasteiger partial charge in [0.05, 0.1) is 24.1 Å². The van der Waals surface area contributed by atoms with E-state index in [2.05, 4.69) is 10.2 Å². The maximum atomic E-state index is 13.1. The first-order chi connectivity index (χ1) is 16.5. The Labute approximate surface area is 199 Å². The number of esters is 1. The van der Waals surface area contributed by atoms with Gasteiger partial charge in [0, 0.05) is 25.3 Å². The summed E-state index contributed by atoms with van der Waals surface area (Å²) in [5.74, 6) is -1.23. The molecule has 174 valence electrons. The van der Waals surface area contributed by atoms with E-state index < -0.39 is 11.9 Å². The topological polar surface area (TPSA) is 97.0 Å². The number of rotatable bonds is 8. The number of ether oxygens (including phenoxy) is 1. The predicted octanol–water partition coefficient (Wildman–Crippen LogP) is 3.72. The SMILES string of the molecule is COC(=O)c1ccc2c(c1)NC(=O)C2C(=Nc1ccc(CN(C)CCN)cc1)c1ccccc1.